The monoisotopic (exact) mass is 581 g/mol. The highest BCUT2D eigenvalue weighted by molar-refractivity contribution is 5.93. The Labute approximate surface area is 237 Å². The van der Waals surface area contributed by atoms with E-state index in [1.54, 1.807) is 0 Å². The van der Waals surface area contributed by atoms with E-state index in [4.69, 9.17) is 23.7 Å². The van der Waals surface area contributed by atoms with E-state index in [0.29, 0.717) is 12.8 Å². The summed E-state index contributed by atoms with van der Waals surface area (Å²) < 4.78 is 41.4. The van der Waals surface area contributed by atoms with Gasteiger partial charge in [0.1, 0.15) is 17.6 Å². The number of nitrogens with zero attached hydrogens (tertiary/aromatic N) is 4. The summed E-state index contributed by atoms with van der Waals surface area (Å²) in [5.74, 6) is -0.738. The molecule has 15 heteroatoms. The Balaban J connectivity index is 0.00000201. The summed E-state index contributed by atoms with van der Waals surface area (Å²) in [7, 11) is 1.36. The minimum absolute atomic E-state index is 0.00597. The van der Waals surface area contributed by atoms with E-state index in [1.807, 2.05) is 13.8 Å². The average Bonchev–Trinajstić information content (AvgIpc) is 3.59. The van der Waals surface area contributed by atoms with Gasteiger partial charge < -0.3 is 28.8 Å². The Kier molecular flexibility index (Phi) is 14.2. The summed E-state index contributed by atoms with van der Waals surface area (Å²) in [5.41, 5.74) is -1.16. The number of esters is 1. The molecule has 0 bridgehead atoms. The number of carbonyl (C=O) groups excluding carboxylic acids is 3. The van der Waals surface area contributed by atoms with Crippen molar-refractivity contribution < 1.29 is 47.6 Å². The second-order valence-corrected chi connectivity index (χ2v) is 8.65. The van der Waals surface area contributed by atoms with Gasteiger partial charge >= 0.3 is 18.1 Å². The van der Waals surface area contributed by atoms with E-state index < -0.39 is 30.0 Å². The number of aromatic nitrogens is 4. The number of amides is 1. The molecule has 2 atom stereocenters. The molecule has 2 unspecified atom stereocenters. The summed E-state index contributed by atoms with van der Waals surface area (Å²) in [5, 5.41) is 11.6. The van der Waals surface area contributed by atoms with Crippen LogP contribution in [0, 0.1) is 18.9 Å². The minimum atomic E-state index is -1.34. The maximum absolute atomic E-state index is 14.2. The van der Waals surface area contributed by atoms with Crippen molar-refractivity contribution in [3.63, 3.8) is 0 Å². The zero-order valence-electron chi connectivity index (χ0n) is 23.9. The van der Waals surface area contributed by atoms with Crippen molar-refractivity contribution in [3.8, 4) is 12.8 Å². The third-order valence-electron chi connectivity index (χ3n) is 5.41. The Bertz CT molecular complexity index is 1230. The molecule has 3 heterocycles. The number of methoxy groups -OCH3 is 1. The lowest BCUT2D eigenvalue weighted by atomic mass is 10.1. The van der Waals surface area contributed by atoms with Crippen molar-refractivity contribution >= 4 is 35.5 Å². The molecule has 2 N–H and O–H groups in total. The summed E-state index contributed by atoms with van der Waals surface area (Å²) in [6.45, 7) is 8.10. The highest BCUT2D eigenvalue weighted by atomic mass is 19.1. The van der Waals surface area contributed by atoms with E-state index in [1.165, 1.54) is 38.8 Å². The number of aliphatic hydroxyl groups is 1. The van der Waals surface area contributed by atoms with Gasteiger partial charge in [0.05, 0.1) is 32.6 Å². The number of allylic oxidation sites excluding steroid dienone is 1. The topological polar surface area (TPSA) is 173 Å². The SMILES string of the molecule is C#C.CC.CO/C(C)=C(/COC(=O)CC(C)(C)OC(=O)Nc1nc(F)nc2c1ncn2C1CCC(CO)O1)OC=O. The van der Waals surface area contributed by atoms with E-state index in [0.717, 1.165) is 0 Å². The van der Waals surface area contributed by atoms with Crippen LogP contribution in [0.5, 0.6) is 0 Å². The van der Waals surface area contributed by atoms with Crippen molar-refractivity contribution in [1.82, 2.24) is 19.5 Å². The number of terminal acetylenes is 1. The predicted molar refractivity (Wildman–Crippen MR) is 143 cm³/mol. The first-order valence-corrected chi connectivity index (χ1v) is 12.6. The second kappa shape index (κ2) is 16.7. The van der Waals surface area contributed by atoms with E-state index >= 15 is 0 Å². The number of rotatable bonds is 11. The quantitative estimate of drug-likeness (QED) is 0.0992. The Hall–Kier alpha value is -4.29. The molecule has 3 rings (SSSR count). The maximum Gasteiger partial charge on any atom is 0.413 e. The molecule has 1 aliphatic rings. The van der Waals surface area contributed by atoms with Gasteiger partial charge in [0.2, 0.25) is 0 Å². The first-order valence-electron chi connectivity index (χ1n) is 12.6. The van der Waals surface area contributed by atoms with Gasteiger partial charge in [-0.05, 0) is 33.6 Å². The average molecular weight is 582 g/mol. The largest absolute Gasteiger partial charge is 0.498 e. The number of fused-ring (bicyclic) bond motifs is 1. The molecule has 2 aromatic rings. The normalized spacial score (nSPS) is 16.6. The van der Waals surface area contributed by atoms with Crippen LogP contribution in [-0.2, 0) is 33.3 Å². The van der Waals surface area contributed by atoms with Gasteiger partial charge in [0.25, 0.3) is 6.47 Å². The molecule has 1 fully saturated rings. The zero-order chi connectivity index (χ0) is 31.2. The number of halogens is 1. The molecule has 2 aromatic heterocycles. The van der Waals surface area contributed by atoms with Crippen LogP contribution in [0.4, 0.5) is 15.0 Å². The van der Waals surface area contributed by atoms with Gasteiger partial charge in [-0.2, -0.15) is 14.4 Å². The number of nitrogens with one attached hydrogen (secondary N) is 1. The van der Waals surface area contributed by atoms with Crippen molar-refractivity contribution in [2.24, 2.45) is 0 Å². The molecule has 0 aromatic carbocycles. The maximum atomic E-state index is 14.2. The lowest BCUT2D eigenvalue weighted by Crippen LogP contribution is -2.34. The number of imidazole rings is 1. The highest BCUT2D eigenvalue weighted by Crippen LogP contribution is 2.31. The lowest BCUT2D eigenvalue weighted by Gasteiger charge is -2.24. The van der Waals surface area contributed by atoms with Crippen LogP contribution in [0.2, 0.25) is 0 Å². The molecule has 0 aliphatic carbocycles. The summed E-state index contributed by atoms with van der Waals surface area (Å²) in [4.78, 5) is 46.9. The van der Waals surface area contributed by atoms with Gasteiger partial charge in [-0.3, -0.25) is 19.5 Å². The van der Waals surface area contributed by atoms with Crippen LogP contribution in [0.25, 0.3) is 11.2 Å². The van der Waals surface area contributed by atoms with Gasteiger partial charge in [-0.15, -0.1) is 12.8 Å². The summed E-state index contributed by atoms with van der Waals surface area (Å²) in [6, 6.07) is 0. The van der Waals surface area contributed by atoms with Crippen LogP contribution in [0.15, 0.2) is 17.8 Å². The van der Waals surface area contributed by atoms with Crippen LogP contribution in [0.3, 0.4) is 0 Å². The van der Waals surface area contributed by atoms with Crippen molar-refractivity contribution in [2.45, 2.75) is 71.8 Å². The third-order valence-corrected chi connectivity index (χ3v) is 5.41. The fraction of sp³-hybridized carbons (Fsp3) is 0.538. The molecular formula is C26H36FN5O9. The predicted octanol–water partition coefficient (Wildman–Crippen LogP) is 3.22. The molecule has 1 saturated heterocycles. The number of hydrogen-bond donors (Lipinski definition) is 2. The van der Waals surface area contributed by atoms with Crippen LogP contribution in [0.1, 0.15) is 60.1 Å². The number of anilines is 1. The van der Waals surface area contributed by atoms with E-state index in [9.17, 15) is 23.9 Å². The molecule has 0 radical (unpaired) electrons. The number of ether oxygens (including phenoxy) is 5. The summed E-state index contributed by atoms with van der Waals surface area (Å²) in [6.07, 6.45) is 7.19. The Morgan fingerprint density at radius 2 is 1.98 bits per heavy atom. The Morgan fingerprint density at radius 1 is 1.29 bits per heavy atom. The zero-order valence-corrected chi connectivity index (χ0v) is 23.9. The van der Waals surface area contributed by atoms with E-state index in [-0.39, 0.29) is 60.7 Å². The minimum Gasteiger partial charge on any atom is -0.498 e. The molecule has 1 amide bonds. The molecule has 226 valence electrons. The molecular weight excluding hydrogens is 545 g/mol. The first kappa shape index (κ1) is 34.7. The van der Waals surface area contributed by atoms with Crippen LogP contribution in [-0.4, -0.2) is 75.2 Å². The van der Waals surface area contributed by atoms with Crippen LogP contribution >= 0.6 is 0 Å². The molecule has 1 aliphatic heterocycles. The smallest absolute Gasteiger partial charge is 0.413 e. The molecule has 14 nitrogen and oxygen atoms in total. The molecule has 41 heavy (non-hydrogen) atoms. The second-order valence-electron chi connectivity index (χ2n) is 8.65. The highest BCUT2D eigenvalue weighted by Gasteiger charge is 2.30. The lowest BCUT2D eigenvalue weighted by molar-refractivity contribution is -0.149. The van der Waals surface area contributed by atoms with Gasteiger partial charge in [-0.1, -0.05) is 13.8 Å². The number of hydrogen-bond acceptors (Lipinski definition) is 12. The van der Waals surface area contributed by atoms with Crippen molar-refractivity contribution in [2.75, 3.05) is 25.6 Å². The Morgan fingerprint density at radius 3 is 2.56 bits per heavy atom. The first-order chi connectivity index (χ1) is 19.6. The third kappa shape index (κ3) is 10.00. The van der Waals surface area contributed by atoms with Crippen LogP contribution < -0.4 is 5.32 Å². The summed E-state index contributed by atoms with van der Waals surface area (Å²) >= 11 is 0. The molecule has 0 saturated carbocycles. The van der Waals surface area contributed by atoms with Gasteiger partial charge in [-0.25, -0.2) is 9.78 Å². The van der Waals surface area contributed by atoms with Gasteiger partial charge in [0.15, 0.2) is 29.3 Å². The fourth-order valence-electron chi connectivity index (χ4n) is 3.56. The van der Waals surface area contributed by atoms with E-state index in [2.05, 4.69) is 33.1 Å². The number of carbonyl (C=O) groups is 3. The van der Waals surface area contributed by atoms with Gasteiger partial charge in [0, 0.05) is 0 Å². The van der Waals surface area contributed by atoms with Crippen molar-refractivity contribution in [3.05, 3.63) is 23.9 Å². The van der Waals surface area contributed by atoms with Crippen molar-refractivity contribution in [1.29, 1.82) is 0 Å². The number of aliphatic hydroxyl groups excluding tert-OH is 1. The fourth-order valence-corrected chi connectivity index (χ4v) is 3.56. The standard InChI is InChI=1S/C22H28FN5O9.C2H6.C2H2/c1-12(33-4)14(35-11-30)9-34-16(31)7-22(2,3)37-21(32)26-18-17-19(27-20(23)25-18)28(10-24-17)15-6-5-13(8-29)36-15;2*1-2/h10-11,13,15,29H,5-9H2,1-4H3,(H,25,26,27,32);1-2H3;1-2H/b14-12-;;. The molecule has 0 spiro atoms.